The lowest BCUT2D eigenvalue weighted by molar-refractivity contribution is 0.0711. The minimum atomic E-state index is -0.0593. The minimum absolute atomic E-state index is 0.0593. The van der Waals surface area contributed by atoms with Crippen molar-refractivity contribution in [1.82, 2.24) is 5.01 Å². The molecule has 0 bridgehead atoms. The Labute approximate surface area is 144 Å². The van der Waals surface area contributed by atoms with E-state index in [1.54, 1.807) is 16.3 Å². The maximum Gasteiger partial charge on any atom is 0.274 e. The molecule has 2 aromatic carbocycles. The molecule has 4 heteroatoms. The smallest absolute Gasteiger partial charge is 0.267 e. The van der Waals surface area contributed by atoms with Crippen LogP contribution < -0.4 is 0 Å². The highest BCUT2D eigenvalue weighted by Crippen LogP contribution is 2.34. The van der Waals surface area contributed by atoms with Gasteiger partial charge in [0, 0.05) is 12.0 Å². The number of benzene rings is 2. The molecule has 1 aromatic heterocycles. The summed E-state index contributed by atoms with van der Waals surface area (Å²) in [6.07, 6.45) is 0.739. The molecule has 1 aliphatic rings. The molecule has 3 aromatic rings. The molecule has 24 heavy (non-hydrogen) atoms. The third kappa shape index (κ3) is 2.76. The number of carbonyl (C=O) groups is 1. The molecule has 0 saturated carbocycles. The van der Waals surface area contributed by atoms with Crippen molar-refractivity contribution >= 4 is 23.0 Å². The first kappa shape index (κ1) is 14.8. The number of hydrogen-bond acceptors (Lipinski definition) is 3. The van der Waals surface area contributed by atoms with E-state index < -0.39 is 0 Å². The summed E-state index contributed by atoms with van der Waals surface area (Å²) in [5, 5.41) is 8.35. The van der Waals surface area contributed by atoms with Gasteiger partial charge < -0.3 is 0 Å². The summed E-state index contributed by atoms with van der Waals surface area (Å²) in [6.45, 7) is 0. The normalized spacial score (nSPS) is 16.9. The molecular formula is C20H16N2OS. The largest absolute Gasteiger partial charge is 0.274 e. The monoisotopic (exact) mass is 332 g/mol. The molecule has 3 nitrogen and oxygen atoms in total. The van der Waals surface area contributed by atoms with Gasteiger partial charge in [-0.25, -0.2) is 5.01 Å². The first-order valence-electron chi connectivity index (χ1n) is 7.88. The Bertz CT molecular complexity index is 857. The molecule has 2 heterocycles. The lowest BCUT2D eigenvalue weighted by Gasteiger charge is -2.22. The number of carbonyl (C=O) groups excluding carboxylic acids is 1. The molecule has 1 aliphatic heterocycles. The molecular weight excluding hydrogens is 316 g/mol. The van der Waals surface area contributed by atoms with Crippen LogP contribution in [0.3, 0.4) is 0 Å². The van der Waals surface area contributed by atoms with E-state index in [2.05, 4.69) is 23.3 Å². The van der Waals surface area contributed by atoms with Gasteiger partial charge in [0.15, 0.2) is 0 Å². The Hall–Kier alpha value is -2.72. The number of amides is 1. The maximum absolute atomic E-state index is 13.0. The van der Waals surface area contributed by atoms with Crippen molar-refractivity contribution in [2.24, 2.45) is 5.10 Å². The SMILES string of the molecule is O=C(c1ccccc1)N1N=C(c2cccs2)C[C@@H]1c1ccccc1. The predicted molar refractivity (Wildman–Crippen MR) is 97.3 cm³/mol. The van der Waals surface area contributed by atoms with Crippen LogP contribution >= 0.6 is 11.3 Å². The molecule has 4 rings (SSSR count). The van der Waals surface area contributed by atoms with Crippen LogP contribution in [0.2, 0.25) is 0 Å². The van der Waals surface area contributed by atoms with E-state index in [1.807, 2.05) is 60.0 Å². The predicted octanol–water partition coefficient (Wildman–Crippen LogP) is 4.74. The van der Waals surface area contributed by atoms with Gasteiger partial charge in [0.25, 0.3) is 5.91 Å². The number of rotatable bonds is 3. The summed E-state index contributed by atoms with van der Waals surface area (Å²) in [6, 6.07) is 23.5. The van der Waals surface area contributed by atoms with E-state index in [0.29, 0.717) is 5.56 Å². The number of thiophene rings is 1. The average Bonchev–Trinajstić information content (AvgIpc) is 3.32. The standard InChI is InChI=1S/C20H16N2OS/c23-20(16-10-5-2-6-11-16)22-18(15-8-3-1-4-9-15)14-17(21-22)19-12-7-13-24-19/h1-13,18H,14H2/t18-/m1/s1. The van der Waals surface area contributed by atoms with Crippen LogP contribution in [0.1, 0.15) is 33.3 Å². The third-order valence-corrected chi connectivity index (χ3v) is 5.05. The van der Waals surface area contributed by atoms with E-state index in [1.165, 1.54) is 0 Å². The Balaban J connectivity index is 1.72. The Morgan fingerprint density at radius 3 is 2.33 bits per heavy atom. The third-order valence-electron chi connectivity index (χ3n) is 4.13. The minimum Gasteiger partial charge on any atom is -0.267 e. The molecule has 0 fully saturated rings. The fourth-order valence-electron chi connectivity index (χ4n) is 2.94. The second-order valence-electron chi connectivity index (χ2n) is 5.67. The Morgan fingerprint density at radius 1 is 0.958 bits per heavy atom. The highest BCUT2D eigenvalue weighted by atomic mass is 32.1. The van der Waals surface area contributed by atoms with Crippen LogP contribution in [-0.2, 0) is 0 Å². The van der Waals surface area contributed by atoms with E-state index >= 15 is 0 Å². The highest BCUT2D eigenvalue weighted by molar-refractivity contribution is 7.12. The van der Waals surface area contributed by atoms with E-state index in [9.17, 15) is 4.79 Å². The van der Waals surface area contributed by atoms with Crippen molar-refractivity contribution in [2.45, 2.75) is 12.5 Å². The number of hydrazone groups is 1. The van der Waals surface area contributed by atoms with Crippen LogP contribution in [0.4, 0.5) is 0 Å². The second-order valence-corrected chi connectivity index (χ2v) is 6.62. The lowest BCUT2D eigenvalue weighted by atomic mass is 10.0. The van der Waals surface area contributed by atoms with Crippen LogP contribution in [0.5, 0.6) is 0 Å². The molecule has 0 aliphatic carbocycles. The summed E-state index contributed by atoms with van der Waals surface area (Å²) in [4.78, 5) is 14.1. The topological polar surface area (TPSA) is 32.7 Å². The van der Waals surface area contributed by atoms with Gasteiger partial charge in [-0.2, -0.15) is 5.10 Å². The van der Waals surface area contributed by atoms with Gasteiger partial charge in [-0.1, -0.05) is 54.6 Å². The Kier molecular flexibility index (Phi) is 3.97. The summed E-state index contributed by atoms with van der Waals surface area (Å²) < 4.78 is 0. The average molecular weight is 332 g/mol. The molecule has 0 saturated heterocycles. The van der Waals surface area contributed by atoms with E-state index in [-0.39, 0.29) is 11.9 Å². The zero-order chi connectivity index (χ0) is 16.4. The summed E-state index contributed by atoms with van der Waals surface area (Å²) >= 11 is 1.66. The van der Waals surface area contributed by atoms with Gasteiger partial charge in [0.2, 0.25) is 0 Å². The van der Waals surface area contributed by atoms with Gasteiger partial charge in [-0.3, -0.25) is 4.79 Å². The highest BCUT2D eigenvalue weighted by Gasteiger charge is 2.33. The van der Waals surface area contributed by atoms with Crippen LogP contribution in [0.15, 0.2) is 83.3 Å². The zero-order valence-electron chi connectivity index (χ0n) is 13.0. The first-order valence-corrected chi connectivity index (χ1v) is 8.76. The van der Waals surface area contributed by atoms with Crippen molar-refractivity contribution in [1.29, 1.82) is 0 Å². The van der Waals surface area contributed by atoms with Crippen LogP contribution in [0, 0.1) is 0 Å². The fourth-order valence-corrected chi connectivity index (χ4v) is 3.66. The molecule has 0 spiro atoms. The van der Waals surface area contributed by atoms with Crippen molar-refractivity contribution in [2.75, 3.05) is 0 Å². The maximum atomic E-state index is 13.0. The number of nitrogens with zero attached hydrogens (tertiary/aromatic N) is 2. The molecule has 1 amide bonds. The second kappa shape index (κ2) is 6.42. The molecule has 0 N–H and O–H groups in total. The number of hydrogen-bond donors (Lipinski definition) is 0. The molecule has 0 unspecified atom stereocenters. The van der Waals surface area contributed by atoms with Gasteiger partial charge >= 0.3 is 0 Å². The zero-order valence-corrected chi connectivity index (χ0v) is 13.8. The van der Waals surface area contributed by atoms with Crippen molar-refractivity contribution < 1.29 is 4.79 Å². The first-order chi connectivity index (χ1) is 11.8. The van der Waals surface area contributed by atoms with Crippen LogP contribution in [-0.4, -0.2) is 16.6 Å². The lowest BCUT2D eigenvalue weighted by Crippen LogP contribution is -2.27. The van der Waals surface area contributed by atoms with Crippen LogP contribution in [0.25, 0.3) is 0 Å². The molecule has 118 valence electrons. The van der Waals surface area contributed by atoms with E-state index in [4.69, 9.17) is 0 Å². The van der Waals surface area contributed by atoms with Gasteiger partial charge in [-0.15, -0.1) is 11.3 Å². The van der Waals surface area contributed by atoms with Gasteiger partial charge in [0.05, 0.1) is 16.6 Å². The summed E-state index contributed by atoms with van der Waals surface area (Å²) in [7, 11) is 0. The summed E-state index contributed by atoms with van der Waals surface area (Å²) in [5.74, 6) is -0.0593. The van der Waals surface area contributed by atoms with E-state index in [0.717, 1.165) is 22.6 Å². The quantitative estimate of drug-likeness (QED) is 0.682. The molecule has 1 atom stereocenters. The Morgan fingerprint density at radius 2 is 1.67 bits per heavy atom. The van der Waals surface area contributed by atoms with Gasteiger partial charge in [-0.05, 0) is 29.1 Å². The van der Waals surface area contributed by atoms with Crippen molar-refractivity contribution in [3.63, 3.8) is 0 Å². The van der Waals surface area contributed by atoms with Crippen molar-refractivity contribution in [3.8, 4) is 0 Å². The molecule has 0 radical (unpaired) electrons. The fraction of sp³-hybridized carbons (Fsp3) is 0.100. The summed E-state index contributed by atoms with van der Waals surface area (Å²) in [5.41, 5.74) is 2.75. The van der Waals surface area contributed by atoms with Gasteiger partial charge in [0.1, 0.15) is 0 Å². The van der Waals surface area contributed by atoms with Crippen molar-refractivity contribution in [3.05, 3.63) is 94.2 Å².